The van der Waals surface area contributed by atoms with Gasteiger partial charge in [-0.2, -0.15) is 0 Å². The fourth-order valence-corrected chi connectivity index (χ4v) is 1.69. The summed E-state index contributed by atoms with van der Waals surface area (Å²) in [7, 11) is 1.23. The van der Waals surface area contributed by atoms with Gasteiger partial charge in [0.2, 0.25) is 5.82 Å². The first kappa shape index (κ1) is 13.3. The SMILES string of the molecule is COc1ccccc1-c1c(F)c(F)c(F)c(F)c1F. The topological polar surface area (TPSA) is 9.23 Å². The third kappa shape index (κ3) is 2.03. The van der Waals surface area contributed by atoms with Gasteiger partial charge in [0.15, 0.2) is 23.3 Å². The zero-order valence-corrected chi connectivity index (χ0v) is 9.61. The number of halogens is 5. The quantitative estimate of drug-likeness (QED) is 0.456. The Labute approximate surface area is 105 Å². The van der Waals surface area contributed by atoms with Gasteiger partial charge in [-0.3, -0.25) is 0 Å². The standard InChI is InChI=1S/C13H7F5O/c1-19-7-5-3-2-4-6(7)8-9(14)11(16)13(18)12(17)10(8)15/h2-5H,1H3. The molecule has 0 saturated heterocycles. The number of hydrogen-bond donors (Lipinski definition) is 0. The molecule has 0 aromatic heterocycles. The van der Waals surface area contributed by atoms with Crippen LogP contribution in [0.1, 0.15) is 0 Å². The molecule has 0 heterocycles. The minimum atomic E-state index is -2.19. The van der Waals surface area contributed by atoms with E-state index in [2.05, 4.69) is 0 Å². The van der Waals surface area contributed by atoms with Crippen LogP contribution in [0.15, 0.2) is 24.3 Å². The Balaban J connectivity index is 2.83. The van der Waals surface area contributed by atoms with E-state index in [1.54, 1.807) is 0 Å². The molecule has 0 aliphatic rings. The highest BCUT2D eigenvalue weighted by atomic mass is 19.2. The molecule has 0 aliphatic heterocycles. The average Bonchev–Trinajstić information content (AvgIpc) is 2.44. The normalized spacial score (nSPS) is 10.6. The van der Waals surface area contributed by atoms with Gasteiger partial charge in [-0.1, -0.05) is 18.2 Å². The fourth-order valence-electron chi connectivity index (χ4n) is 1.69. The first-order chi connectivity index (χ1) is 8.99. The highest BCUT2D eigenvalue weighted by Gasteiger charge is 2.27. The van der Waals surface area contributed by atoms with Crippen molar-refractivity contribution in [1.29, 1.82) is 0 Å². The number of benzene rings is 2. The Morgan fingerprint density at radius 3 is 1.74 bits per heavy atom. The van der Waals surface area contributed by atoms with Crippen LogP contribution < -0.4 is 4.74 Å². The van der Waals surface area contributed by atoms with Crippen LogP contribution in [-0.4, -0.2) is 7.11 Å². The molecular formula is C13H7F5O. The summed E-state index contributed by atoms with van der Waals surface area (Å²) in [4.78, 5) is 0. The molecule has 0 N–H and O–H groups in total. The first-order valence-corrected chi connectivity index (χ1v) is 5.13. The van der Waals surface area contributed by atoms with E-state index in [0.29, 0.717) is 0 Å². The second kappa shape index (κ2) is 4.87. The van der Waals surface area contributed by atoms with E-state index in [0.717, 1.165) is 0 Å². The largest absolute Gasteiger partial charge is 0.496 e. The molecule has 0 atom stereocenters. The van der Waals surface area contributed by atoms with E-state index < -0.39 is 34.6 Å². The van der Waals surface area contributed by atoms with Gasteiger partial charge < -0.3 is 4.74 Å². The summed E-state index contributed by atoms with van der Waals surface area (Å²) in [6, 6.07) is 5.47. The summed E-state index contributed by atoms with van der Waals surface area (Å²) >= 11 is 0. The van der Waals surface area contributed by atoms with Crippen LogP contribution >= 0.6 is 0 Å². The van der Waals surface area contributed by atoms with Gasteiger partial charge in [-0.25, -0.2) is 22.0 Å². The first-order valence-electron chi connectivity index (χ1n) is 5.13. The van der Waals surface area contributed by atoms with Crippen LogP contribution in [0.2, 0.25) is 0 Å². The highest BCUT2D eigenvalue weighted by molar-refractivity contribution is 5.71. The van der Waals surface area contributed by atoms with Gasteiger partial charge in [-0.05, 0) is 6.07 Å². The zero-order chi connectivity index (χ0) is 14.2. The predicted molar refractivity (Wildman–Crippen MR) is 58.2 cm³/mol. The molecule has 0 aliphatic carbocycles. The zero-order valence-electron chi connectivity index (χ0n) is 9.61. The molecule has 2 aromatic carbocycles. The van der Waals surface area contributed by atoms with Crippen molar-refractivity contribution in [3.05, 3.63) is 53.4 Å². The predicted octanol–water partition coefficient (Wildman–Crippen LogP) is 4.06. The molecule has 0 fully saturated rings. The second-order valence-corrected chi connectivity index (χ2v) is 3.65. The van der Waals surface area contributed by atoms with E-state index in [-0.39, 0.29) is 11.3 Å². The lowest BCUT2D eigenvalue weighted by Crippen LogP contribution is -2.04. The van der Waals surface area contributed by atoms with Crippen molar-refractivity contribution in [3.8, 4) is 16.9 Å². The van der Waals surface area contributed by atoms with E-state index >= 15 is 0 Å². The number of ether oxygens (including phenoxy) is 1. The van der Waals surface area contributed by atoms with Crippen LogP contribution in [0, 0.1) is 29.1 Å². The lowest BCUT2D eigenvalue weighted by molar-refractivity contribution is 0.379. The molecule has 6 heteroatoms. The van der Waals surface area contributed by atoms with Crippen LogP contribution in [0.25, 0.3) is 11.1 Å². The van der Waals surface area contributed by atoms with Crippen molar-refractivity contribution in [3.63, 3.8) is 0 Å². The smallest absolute Gasteiger partial charge is 0.200 e. The Morgan fingerprint density at radius 1 is 0.737 bits per heavy atom. The number of rotatable bonds is 2. The number of methoxy groups -OCH3 is 1. The van der Waals surface area contributed by atoms with Gasteiger partial charge in [0.1, 0.15) is 5.75 Å². The van der Waals surface area contributed by atoms with Crippen LogP contribution in [0.4, 0.5) is 22.0 Å². The fraction of sp³-hybridized carbons (Fsp3) is 0.0769. The second-order valence-electron chi connectivity index (χ2n) is 3.65. The Bertz CT molecular complexity index is 610. The van der Waals surface area contributed by atoms with Crippen molar-refractivity contribution in [2.45, 2.75) is 0 Å². The number of hydrogen-bond acceptors (Lipinski definition) is 1. The third-order valence-corrected chi connectivity index (χ3v) is 2.59. The minimum absolute atomic E-state index is 0.00529. The van der Waals surface area contributed by atoms with Gasteiger partial charge in [0.05, 0.1) is 12.7 Å². The molecular weight excluding hydrogens is 267 g/mol. The summed E-state index contributed by atoms with van der Waals surface area (Å²) in [5.74, 6) is -9.93. The van der Waals surface area contributed by atoms with Crippen molar-refractivity contribution >= 4 is 0 Å². The van der Waals surface area contributed by atoms with Crippen molar-refractivity contribution < 1.29 is 26.7 Å². The third-order valence-electron chi connectivity index (χ3n) is 2.59. The molecule has 0 unspecified atom stereocenters. The molecule has 1 nitrogen and oxygen atoms in total. The minimum Gasteiger partial charge on any atom is -0.496 e. The lowest BCUT2D eigenvalue weighted by Gasteiger charge is -2.11. The Hall–Kier alpha value is -2.11. The van der Waals surface area contributed by atoms with E-state index in [1.807, 2.05) is 0 Å². The summed E-state index contributed by atoms with van der Waals surface area (Å²) < 4.78 is 71.3. The molecule has 0 amide bonds. The van der Waals surface area contributed by atoms with Crippen molar-refractivity contribution in [2.24, 2.45) is 0 Å². The summed E-state index contributed by atoms with van der Waals surface area (Å²) in [5.41, 5.74) is -1.22. The van der Waals surface area contributed by atoms with Gasteiger partial charge in [-0.15, -0.1) is 0 Å². The molecule has 0 radical (unpaired) electrons. The molecule has 2 rings (SSSR count). The Morgan fingerprint density at radius 2 is 1.21 bits per heavy atom. The van der Waals surface area contributed by atoms with Crippen LogP contribution in [0.3, 0.4) is 0 Å². The maximum atomic E-state index is 13.6. The maximum Gasteiger partial charge on any atom is 0.200 e. The van der Waals surface area contributed by atoms with Gasteiger partial charge >= 0.3 is 0 Å². The molecule has 100 valence electrons. The molecule has 2 aromatic rings. The van der Waals surface area contributed by atoms with Gasteiger partial charge in [0.25, 0.3) is 0 Å². The maximum absolute atomic E-state index is 13.6. The Kier molecular flexibility index (Phi) is 3.42. The molecule has 19 heavy (non-hydrogen) atoms. The molecule has 0 bridgehead atoms. The molecule has 0 spiro atoms. The van der Waals surface area contributed by atoms with E-state index in [9.17, 15) is 22.0 Å². The van der Waals surface area contributed by atoms with E-state index in [4.69, 9.17) is 4.74 Å². The average molecular weight is 274 g/mol. The highest BCUT2D eigenvalue weighted by Crippen LogP contribution is 2.36. The summed E-state index contributed by atoms with van der Waals surface area (Å²) in [6.07, 6.45) is 0. The van der Waals surface area contributed by atoms with Gasteiger partial charge in [0, 0.05) is 5.56 Å². The van der Waals surface area contributed by atoms with Crippen molar-refractivity contribution in [1.82, 2.24) is 0 Å². The lowest BCUT2D eigenvalue weighted by atomic mass is 10.0. The summed E-state index contributed by atoms with van der Waals surface area (Å²) in [6.45, 7) is 0. The monoisotopic (exact) mass is 274 g/mol. The van der Waals surface area contributed by atoms with E-state index in [1.165, 1.54) is 31.4 Å². The molecule has 0 saturated carbocycles. The summed E-state index contributed by atoms with van der Waals surface area (Å²) in [5, 5.41) is 0. The number of para-hydroxylation sites is 1. The van der Waals surface area contributed by atoms with Crippen LogP contribution in [0.5, 0.6) is 5.75 Å². The van der Waals surface area contributed by atoms with Crippen LogP contribution in [-0.2, 0) is 0 Å². The van der Waals surface area contributed by atoms with Crippen molar-refractivity contribution in [2.75, 3.05) is 7.11 Å².